The average Bonchev–Trinajstić information content (AvgIpc) is 2.86. The fourth-order valence-electron chi connectivity index (χ4n) is 4.33. The van der Waals surface area contributed by atoms with Crippen molar-refractivity contribution >= 4 is 11.9 Å². The van der Waals surface area contributed by atoms with Gasteiger partial charge in [0.1, 0.15) is 0 Å². The number of carboxylic acid groups (broad SMARTS) is 1. The lowest BCUT2D eigenvalue weighted by molar-refractivity contribution is -0.150. The van der Waals surface area contributed by atoms with Crippen molar-refractivity contribution in [1.29, 1.82) is 0 Å². The number of esters is 1. The van der Waals surface area contributed by atoms with E-state index in [-0.39, 0.29) is 24.9 Å². The first kappa shape index (κ1) is 24.2. The van der Waals surface area contributed by atoms with Gasteiger partial charge in [-0.05, 0) is 30.0 Å². The third-order valence-electron chi connectivity index (χ3n) is 6.04. The van der Waals surface area contributed by atoms with Crippen molar-refractivity contribution in [3.05, 3.63) is 108 Å². The lowest BCUT2D eigenvalue weighted by Gasteiger charge is -2.40. The molecule has 0 heterocycles. The second-order valence-corrected chi connectivity index (χ2v) is 8.16. The van der Waals surface area contributed by atoms with E-state index in [0.29, 0.717) is 6.54 Å². The number of hydrogen-bond donors (Lipinski definition) is 1. The molecule has 0 fully saturated rings. The third-order valence-corrected chi connectivity index (χ3v) is 6.04. The maximum Gasteiger partial charge on any atom is 0.310 e. The number of rotatable bonds is 11. The average molecular weight is 446 g/mol. The quantitative estimate of drug-likeness (QED) is 0.387. The molecule has 33 heavy (non-hydrogen) atoms. The first-order valence-corrected chi connectivity index (χ1v) is 11.2. The minimum absolute atomic E-state index is 0.0337. The number of carbonyl (C=O) groups is 2. The van der Waals surface area contributed by atoms with Crippen LogP contribution in [0.4, 0.5) is 0 Å². The zero-order valence-electron chi connectivity index (χ0n) is 19.1. The summed E-state index contributed by atoms with van der Waals surface area (Å²) in [6.45, 7) is 2.72. The van der Waals surface area contributed by atoms with Crippen LogP contribution in [0, 0.1) is 5.92 Å². The van der Waals surface area contributed by atoms with Gasteiger partial charge in [0.25, 0.3) is 0 Å². The number of carboxylic acids is 1. The Morgan fingerprint density at radius 2 is 1.36 bits per heavy atom. The highest BCUT2D eigenvalue weighted by atomic mass is 16.5. The summed E-state index contributed by atoms with van der Waals surface area (Å²) < 4.78 is 5.17. The van der Waals surface area contributed by atoms with Crippen molar-refractivity contribution in [1.82, 2.24) is 4.90 Å². The third kappa shape index (κ3) is 6.53. The van der Waals surface area contributed by atoms with Crippen molar-refractivity contribution < 1.29 is 19.4 Å². The molecule has 0 saturated carbocycles. The number of ether oxygens (including phenoxy) is 1. The number of benzene rings is 3. The van der Waals surface area contributed by atoms with Crippen LogP contribution in [-0.4, -0.2) is 29.1 Å². The van der Waals surface area contributed by atoms with Crippen LogP contribution in [-0.2, 0) is 20.9 Å². The van der Waals surface area contributed by atoms with Crippen molar-refractivity contribution in [2.45, 2.75) is 38.4 Å². The predicted octanol–water partition coefficient (Wildman–Crippen LogP) is 5.65. The van der Waals surface area contributed by atoms with Crippen LogP contribution in [0.3, 0.4) is 0 Å². The van der Waals surface area contributed by atoms with Crippen LogP contribution in [0.2, 0.25) is 0 Å². The van der Waals surface area contributed by atoms with Crippen molar-refractivity contribution in [2.24, 2.45) is 5.92 Å². The summed E-state index contributed by atoms with van der Waals surface area (Å²) in [6, 6.07) is 29.7. The summed E-state index contributed by atoms with van der Waals surface area (Å²) in [5.74, 6) is -1.96. The SMILES string of the molecule is COC(=O)[C@@H](CCC(=O)O)C(c1ccccc1)N(Cc1ccccc1)[C@H](C)c1ccccc1. The Kier molecular flexibility index (Phi) is 8.79. The van der Waals surface area contributed by atoms with E-state index in [0.717, 1.165) is 16.7 Å². The van der Waals surface area contributed by atoms with Gasteiger partial charge in [-0.25, -0.2) is 0 Å². The molecule has 0 bridgehead atoms. The molecule has 1 unspecified atom stereocenters. The maximum atomic E-state index is 13.0. The minimum atomic E-state index is -0.929. The molecule has 5 heteroatoms. The molecule has 0 aromatic heterocycles. The van der Waals surface area contributed by atoms with Gasteiger partial charge < -0.3 is 9.84 Å². The van der Waals surface area contributed by atoms with Crippen molar-refractivity contribution in [3.8, 4) is 0 Å². The standard InChI is InChI=1S/C28H31NO4/c1-21(23-14-8-4-9-15-23)29(20-22-12-6-3-7-13-22)27(24-16-10-5-11-17-24)25(28(32)33-2)18-19-26(30)31/h3-17,21,25,27H,18-20H2,1-2H3,(H,30,31)/t21-,25+,27?/m1/s1. The van der Waals surface area contributed by atoms with E-state index in [1.54, 1.807) is 0 Å². The van der Waals surface area contributed by atoms with E-state index in [4.69, 9.17) is 4.74 Å². The smallest absolute Gasteiger partial charge is 0.310 e. The Morgan fingerprint density at radius 1 is 0.848 bits per heavy atom. The van der Waals surface area contributed by atoms with E-state index in [2.05, 4.69) is 36.1 Å². The Bertz CT molecular complexity index is 1010. The van der Waals surface area contributed by atoms with E-state index in [1.807, 2.05) is 66.7 Å². The van der Waals surface area contributed by atoms with Crippen molar-refractivity contribution in [2.75, 3.05) is 7.11 Å². The minimum Gasteiger partial charge on any atom is -0.481 e. The molecule has 0 radical (unpaired) electrons. The second kappa shape index (κ2) is 12.0. The normalized spacial score (nSPS) is 13.8. The molecule has 0 spiro atoms. The largest absolute Gasteiger partial charge is 0.481 e. The van der Waals surface area contributed by atoms with Gasteiger partial charge in [-0.2, -0.15) is 0 Å². The van der Waals surface area contributed by atoms with E-state index >= 15 is 0 Å². The summed E-state index contributed by atoms with van der Waals surface area (Å²) in [5, 5.41) is 9.36. The van der Waals surface area contributed by atoms with Gasteiger partial charge in [-0.1, -0.05) is 91.0 Å². The highest BCUT2D eigenvalue weighted by Crippen LogP contribution is 2.39. The van der Waals surface area contributed by atoms with E-state index in [9.17, 15) is 14.7 Å². The summed E-state index contributed by atoms with van der Waals surface area (Å²) in [4.78, 5) is 26.7. The number of nitrogens with zero attached hydrogens (tertiary/aromatic N) is 1. The molecule has 3 rings (SSSR count). The van der Waals surface area contributed by atoms with Crippen LogP contribution in [0.25, 0.3) is 0 Å². The molecule has 0 amide bonds. The molecular formula is C28H31NO4. The summed E-state index contributed by atoms with van der Waals surface area (Å²) >= 11 is 0. The molecule has 3 atom stereocenters. The maximum absolute atomic E-state index is 13.0. The predicted molar refractivity (Wildman–Crippen MR) is 128 cm³/mol. The molecule has 0 saturated heterocycles. The molecule has 5 nitrogen and oxygen atoms in total. The molecule has 0 aliphatic carbocycles. The molecule has 1 N–H and O–H groups in total. The summed E-state index contributed by atoms with van der Waals surface area (Å²) in [6.07, 6.45) is 0.0797. The molecule has 172 valence electrons. The van der Waals surface area contributed by atoms with Crippen molar-refractivity contribution in [3.63, 3.8) is 0 Å². The van der Waals surface area contributed by atoms with E-state index in [1.165, 1.54) is 7.11 Å². The topological polar surface area (TPSA) is 66.8 Å². The zero-order chi connectivity index (χ0) is 23.6. The second-order valence-electron chi connectivity index (χ2n) is 8.16. The van der Waals surface area contributed by atoms with Gasteiger partial charge in [-0.15, -0.1) is 0 Å². The molecule has 3 aromatic rings. The van der Waals surface area contributed by atoms with Gasteiger partial charge in [0.05, 0.1) is 13.0 Å². The van der Waals surface area contributed by atoms with Gasteiger partial charge in [-0.3, -0.25) is 14.5 Å². The monoisotopic (exact) mass is 445 g/mol. The molecule has 0 aliphatic rings. The highest BCUT2D eigenvalue weighted by Gasteiger charge is 2.37. The lowest BCUT2D eigenvalue weighted by Crippen LogP contribution is -2.39. The fourth-order valence-corrected chi connectivity index (χ4v) is 4.33. The van der Waals surface area contributed by atoms with Crippen LogP contribution in [0.1, 0.15) is 48.5 Å². The van der Waals surface area contributed by atoms with Crippen LogP contribution < -0.4 is 0 Å². The van der Waals surface area contributed by atoms with E-state index < -0.39 is 17.9 Å². The Morgan fingerprint density at radius 3 is 1.88 bits per heavy atom. The number of methoxy groups -OCH3 is 1. The molecule has 3 aromatic carbocycles. The Hall–Kier alpha value is -3.44. The van der Waals surface area contributed by atoms with Gasteiger partial charge in [0.2, 0.25) is 0 Å². The fraction of sp³-hybridized carbons (Fsp3) is 0.286. The Balaban J connectivity index is 2.12. The molecular weight excluding hydrogens is 414 g/mol. The first-order valence-electron chi connectivity index (χ1n) is 11.2. The number of aliphatic carboxylic acids is 1. The number of hydrogen-bond acceptors (Lipinski definition) is 4. The molecule has 0 aliphatic heterocycles. The first-order chi connectivity index (χ1) is 16.0. The van der Waals surface area contributed by atoms with Gasteiger partial charge >= 0.3 is 11.9 Å². The van der Waals surface area contributed by atoms with Gasteiger partial charge in [0.15, 0.2) is 0 Å². The summed E-state index contributed by atoms with van der Waals surface area (Å²) in [5.41, 5.74) is 3.19. The highest BCUT2D eigenvalue weighted by molar-refractivity contribution is 5.75. The van der Waals surface area contributed by atoms with Crippen LogP contribution in [0.15, 0.2) is 91.0 Å². The van der Waals surface area contributed by atoms with Crippen LogP contribution >= 0.6 is 0 Å². The lowest BCUT2D eigenvalue weighted by atomic mass is 9.86. The zero-order valence-corrected chi connectivity index (χ0v) is 19.1. The van der Waals surface area contributed by atoms with Crippen LogP contribution in [0.5, 0.6) is 0 Å². The number of carbonyl (C=O) groups excluding carboxylic acids is 1. The summed E-state index contributed by atoms with van der Waals surface area (Å²) in [7, 11) is 1.36. The Labute approximate surface area is 195 Å². The van der Waals surface area contributed by atoms with Gasteiger partial charge in [0, 0.05) is 25.0 Å².